The number of methoxy groups -OCH3 is 1. The highest BCUT2D eigenvalue weighted by Crippen LogP contribution is 2.34. The van der Waals surface area contributed by atoms with Gasteiger partial charge in [-0.3, -0.25) is 9.59 Å². The lowest BCUT2D eigenvalue weighted by Crippen LogP contribution is -2.43. The van der Waals surface area contributed by atoms with Crippen molar-refractivity contribution in [2.75, 3.05) is 45.3 Å². The van der Waals surface area contributed by atoms with Gasteiger partial charge in [-0.25, -0.2) is 8.42 Å². The summed E-state index contributed by atoms with van der Waals surface area (Å²) >= 11 is 0. The molecule has 3 aliphatic rings. The average Bonchev–Trinajstić information content (AvgIpc) is 3.49. The number of anilines is 1. The van der Waals surface area contributed by atoms with Crippen LogP contribution in [0.25, 0.3) is 0 Å². The van der Waals surface area contributed by atoms with Gasteiger partial charge in [0.05, 0.1) is 20.3 Å². The molecule has 4 rings (SSSR count). The van der Waals surface area contributed by atoms with Crippen molar-refractivity contribution in [3.8, 4) is 5.75 Å². The van der Waals surface area contributed by atoms with Crippen molar-refractivity contribution in [2.24, 2.45) is 5.92 Å². The lowest BCUT2D eigenvalue weighted by Gasteiger charge is -2.27. The van der Waals surface area contributed by atoms with E-state index in [1.54, 1.807) is 11.0 Å². The molecule has 0 spiro atoms. The smallest absolute Gasteiger partial charge is 0.247 e. The van der Waals surface area contributed by atoms with Crippen LogP contribution >= 0.6 is 0 Å². The van der Waals surface area contributed by atoms with E-state index in [-0.39, 0.29) is 41.5 Å². The number of ether oxygens (including phenoxy) is 2. The van der Waals surface area contributed by atoms with E-state index in [0.29, 0.717) is 31.9 Å². The van der Waals surface area contributed by atoms with Crippen molar-refractivity contribution in [1.82, 2.24) is 9.21 Å². The monoisotopic (exact) mass is 437 g/mol. The van der Waals surface area contributed by atoms with Crippen molar-refractivity contribution < 1.29 is 27.5 Å². The molecule has 1 aromatic carbocycles. The van der Waals surface area contributed by atoms with Crippen molar-refractivity contribution >= 4 is 27.5 Å². The first-order valence-electron chi connectivity index (χ1n) is 10.3. The van der Waals surface area contributed by atoms with Crippen molar-refractivity contribution in [1.29, 1.82) is 0 Å². The van der Waals surface area contributed by atoms with Gasteiger partial charge in [0, 0.05) is 31.2 Å². The molecule has 30 heavy (non-hydrogen) atoms. The average molecular weight is 438 g/mol. The molecule has 2 heterocycles. The van der Waals surface area contributed by atoms with Crippen LogP contribution in [0.2, 0.25) is 0 Å². The Balaban J connectivity index is 1.54. The minimum atomic E-state index is -3.80. The highest BCUT2D eigenvalue weighted by molar-refractivity contribution is 7.89. The Morgan fingerprint density at radius 2 is 1.87 bits per heavy atom. The first-order valence-corrected chi connectivity index (χ1v) is 11.7. The second-order valence-corrected chi connectivity index (χ2v) is 9.74. The summed E-state index contributed by atoms with van der Waals surface area (Å²) in [7, 11) is -2.39. The number of sulfonamides is 1. The number of benzene rings is 1. The summed E-state index contributed by atoms with van der Waals surface area (Å²) in [5, 5.41) is 2.80. The van der Waals surface area contributed by atoms with Gasteiger partial charge in [-0.1, -0.05) is 0 Å². The number of amides is 2. The van der Waals surface area contributed by atoms with Gasteiger partial charge in [-0.15, -0.1) is 0 Å². The third-order valence-corrected chi connectivity index (χ3v) is 7.70. The minimum absolute atomic E-state index is 0.00188. The standard InChI is InChI=1S/C20H27N3O6S/c1-28-17-7-6-15(13-18(17)30(26,27)22-9-11-29-12-10-22)21-19(24)16-3-2-8-23(16)20(25)14-4-5-14/h6-7,13-14,16H,2-5,8-12H2,1H3,(H,21,24). The number of likely N-dealkylation sites (tertiary alicyclic amines) is 1. The normalized spacial score (nSPS) is 22.7. The van der Waals surface area contributed by atoms with E-state index in [1.807, 2.05) is 0 Å². The quantitative estimate of drug-likeness (QED) is 0.713. The van der Waals surface area contributed by atoms with E-state index >= 15 is 0 Å². The second kappa shape index (κ2) is 8.52. The highest BCUT2D eigenvalue weighted by Gasteiger charge is 2.41. The molecule has 1 N–H and O–H groups in total. The molecule has 1 unspecified atom stereocenters. The van der Waals surface area contributed by atoms with Crippen LogP contribution in [0.3, 0.4) is 0 Å². The molecule has 2 amide bonds. The maximum Gasteiger partial charge on any atom is 0.247 e. The van der Waals surface area contributed by atoms with Gasteiger partial charge in [0.2, 0.25) is 21.8 Å². The fraction of sp³-hybridized carbons (Fsp3) is 0.600. The number of carbonyl (C=O) groups excluding carboxylic acids is 2. The highest BCUT2D eigenvalue weighted by atomic mass is 32.2. The molecule has 3 fully saturated rings. The predicted octanol–water partition coefficient (Wildman–Crippen LogP) is 1.06. The molecule has 10 heteroatoms. The summed E-state index contributed by atoms with van der Waals surface area (Å²) in [4.78, 5) is 27.0. The van der Waals surface area contributed by atoms with Crippen LogP contribution in [0.1, 0.15) is 25.7 Å². The van der Waals surface area contributed by atoms with Crippen LogP contribution in [0.5, 0.6) is 5.75 Å². The van der Waals surface area contributed by atoms with Crippen LogP contribution < -0.4 is 10.1 Å². The number of rotatable bonds is 6. The van der Waals surface area contributed by atoms with Crippen LogP contribution in [0.4, 0.5) is 5.69 Å². The summed E-state index contributed by atoms with van der Waals surface area (Å²) in [6.07, 6.45) is 3.19. The molecular formula is C20H27N3O6S. The van der Waals surface area contributed by atoms with Crippen molar-refractivity contribution in [2.45, 2.75) is 36.6 Å². The van der Waals surface area contributed by atoms with Gasteiger partial charge in [0.15, 0.2) is 0 Å². The first kappa shape index (κ1) is 21.1. The van der Waals surface area contributed by atoms with Gasteiger partial charge >= 0.3 is 0 Å². The number of morpholine rings is 1. The lowest BCUT2D eigenvalue weighted by atomic mass is 10.2. The Bertz CT molecular complexity index is 924. The van der Waals surface area contributed by atoms with Gasteiger partial charge < -0.3 is 19.7 Å². The number of nitrogens with zero attached hydrogens (tertiary/aromatic N) is 2. The Morgan fingerprint density at radius 3 is 2.53 bits per heavy atom. The molecule has 2 saturated heterocycles. The molecular weight excluding hydrogens is 410 g/mol. The summed E-state index contributed by atoms with van der Waals surface area (Å²) in [6, 6.07) is 4.05. The molecule has 1 aromatic rings. The van der Waals surface area contributed by atoms with Crippen LogP contribution in [-0.4, -0.2) is 75.4 Å². The summed E-state index contributed by atoms with van der Waals surface area (Å²) in [5.41, 5.74) is 0.360. The number of nitrogens with one attached hydrogen (secondary N) is 1. The Morgan fingerprint density at radius 1 is 1.13 bits per heavy atom. The third kappa shape index (κ3) is 4.17. The lowest BCUT2D eigenvalue weighted by molar-refractivity contribution is -0.137. The Hall–Kier alpha value is -2.17. The van der Waals surface area contributed by atoms with Gasteiger partial charge in [0.25, 0.3) is 0 Å². The molecule has 0 aromatic heterocycles. The van der Waals surface area contributed by atoms with Crippen molar-refractivity contribution in [3.05, 3.63) is 18.2 Å². The second-order valence-electron chi connectivity index (χ2n) is 7.84. The van der Waals surface area contributed by atoms with Crippen LogP contribution in [0, 0.1) is 5.92 Å². The fourth-order valence-corrected chi connectivity index (χ4v) is 5.56. The largest absolute Gasteiger partial charge is 0.495 e. The predicted molar refractivity (Wildman–Crippen MR) is 109 cm³/mol. The maximum absolute atomic E-state index is 13.1. The molecule has 1 saturated carbocycles. The molecule has 2 aliphatic heterocycles. The summed E-state index contributed by atoms with van der Waals surface area (Å²) in [6.45, 7) is 1.80. The summed E-state index contributed by atoms with van der Waals surface area (Å²) in [5.74, 6) is 0.0369. The molecule has 164 valence electrons. The molecule has 0 radical (unpaired) electrons. The number of carbonyl (C=O) groups is 2. The molecule has 0 bridgehead atoms. The van der Waals surface area contributed by atoms with Gasteiger partial charge in [0.1, 0.15) is 16.7 Å². The van der Waals surface area contributed by atoms with Crippen LogP contribution in [0.15, 0.2) is 23.1 Å². The first-order chi connectivity index (χ1) is 14.4. The SMILES string of the molecule is COc1ccc(NC(=O)C2CCCN2C(=O)C2CC2)cc1S(=O)(=O)N1CCOCC1. The number of hydrogen-bond acceptors (Lipinski definition) is 6. The van der Waals surface area contributed by atoms with E-state index in [0.717, 1.165) is 19.3 Å². The van der Waals surface area contributed by atoms with E-state index in [4.69, 9.17) is 9.47 Å². The maximum atomic E-state index is 13.1. The van der Waals surface area contributed by atoms with E-state index in [1.165, 1.54) is 23.5 Å². The Labute approximate surface area is 176 Å². The molecule has 9 nitrogen and oxygen atoms in total. The van der Waals surface area contributed by atoms with Gasteiger partial charge in [-0.2, -0.15) is 4.31 Å². The number of hydrogen-bond donors (Lipinski definition) is 1. The topological polar surface area (TPSA) is 105 Å². The minimum Gasteiger partial charge on any atom is -0.495 e. The van der Waals surface area contributed by atoms with Gasteiger partial charge in [-0.05, 0) is 43.9 Å². The van der Waals surface area contributed by atoms with Crippen molar-refractivity contribution in [3.63, 3.8) is 0 Å². The zero-order chi connectivity index (χ0) is 21.3. The molecule has 1 aliphatic carbocycles. The van der Waals surface area contributed by atoms with E-state index < -0.39 is 16.1 Å². The summed E-state index contributed by atoms with van der Waals surface area (Å²) < 4.78 is 38.1. The fourth-order valence-electron chi connectivity index (χ4n) is 3.98. The Kier molecular flexibility index (Phi) is 5.99. The van der Waals surface area contributed by atoms with Crippen LogP contribution in [-0.2, 0) is 24.3 Å². The third-order valence-electron chi connectivity index (χ3n) is 5.78. The molecule has 1 atom stereocenters. The zero-order valence-electron chi connectivity index (χ0n) is 17.0. The van der Waals surface area contributed by atoms with E-state index in [9.17, 15) is 18.0 Å². The zero-order valence-corrected chi connectivity index (χ0v) is 17.8. The van der Waals surface area contributed by atoms with E-state index in [2.05, 4.69) is 5.32 Å².